The monoisotopic (exact) mass is 407 g/mol. The maximum Gasteiger partial charge on any atom is 0.136 e. The van der Waals surface area contributed by atoms with Crippen molar-refractivity contribution in [1.29, 1.82) is 0 Å². The Balaban J connectivity index is 2.30. The van der Waals surface area contributed by atoms with E-state index in [1.807, 2.05) is 27.7 Å². The summed E-state index contributed by atoms with van der Waals surface area (Å²) in [4.78, 5) is 0. The van der Waals surface area contributed by atoms with Gasteiger partial charge in [0.15, 0.2) is 0 Å². The first-order valence-electron chi connectivity index (χ1n) is 9.29. The Hall–Kier alpha value is 0.200. The summed E-state index contributed by atoms with van der Waals surface area (Å²) in [5.41, 5.74) is -0.610. The molecule has 8 atom stereocenters. The van der Waals surface area contributed by atoms with Crippen molar-refractivity contribution >= 4 is 23.1 Å². The molecule has 1 unspecified atom stereocenters. The highest BCUT2D eigenvalue weighted by Crippen LogP contribution is 2.33. The fourth-order valence-corrected chi connectivity index (χ4v) is 5.19. The highest BCUT2D eigenvalue weighted by Gasteiger charge is 2.49. The predicted octanol–water partition coefficient (Wildman–Crippen LogP) is 1.32. The molecule has 0 saturated carbocycles. The predicted molar refractivity (Wildman–Crippen MR) is 106 cm³/mol. The second kappa shape index (κ2) is 9.60. The Bertz CT molecular complexity index is 473. The van der Waals surface area contributed by atoms with Crippen LogP contribution in [0, 0.1) is 5.92 Å². The van der Waals surface area contributed by atoms with Crippen LogP contribution in [0.2, 0.25) is 0 Å². The summed E-state index contributed by atoms with van der Waals surface area (Å²) < 4.78 is 21.4. The van der Waals surface area contributed by atoms with Crippen LogP contribution in [-0.2, 0) is 16.1 Å². The van der Waals surface area contributed by atoms with E-state index in [1.54, 1.807) is 0 Å². The topological polar surface area (TPSA) is 105 Å². The van der Waals surface area contributed by atoms with Crippen molar-refractivity contribution in [3.63, 3.8) is 0 Å². The lowest BCUT2D eigenvalue weighted by Gasteiger charge is -2.45. The molecule has 2 heterocycles. The van der Waals surface area contributed by atoms with Gasteiger partial charge in [-0.3, -0.25) is 0 Å². The lowest BCUT2D eigenvalue weighted by Crippen LogP contribution is -2.64. The first-order valence-corrected chi connectivity index (χ1v) is 11.5. The average molecular weight is 408 g/mol. The molecule has 0 amide bonds. The average Bonchev–Trinajstić information content (AvgIpc) is 2.56. The van der Waals surface area contributed by atoms with Crippen LogP contribution in [0.1, 0.15) is 47.0 Å². The molecule has 1 saturated heterocycles. The van der Waals surface area contributed by atoms with Crippen LogP contribution in [-0.4, -0.2) is 66.3 Å². The molecule has 1 fully saturated rings. The number of rotatable bonds is 2. The maximum atomic E-state index is 12.7. The molecule has 2 bridgehead atoms. The van der Waals surface area contributed by atoms with Gasteiger partial charge >= 0.3 is 0 Å². The first kappa shape index (κ1) is 22.5. The van der Waals surface area contributed by atoms with E-state index in [-0.39, 0.29) is 5.92 Å². The molecule has 0 aromatic rings. The van der Waals surface area contributed by atoms with Crippen LogP contribution in [0.5, 0.6) is 0 Å². The Morgan fingerprint density at radius 2 is 1.85 bits per heavy atom. The fraction of sp³-hybridized carbons (Fsp3) is 0.889. The number of nitrogens with one attached hydrogen (secondary N) is 1. The van der Waals surface area contributed by atoms with Gasteiger partial charge in [-0.05, 0) is 51.7 Å². The van der Waals surface area contributed by atoms with Gasteiger partial charge in [0.1, 0.15) is 34.6 Å². The van der Waals surface area contributed by atoms with Gasteiger partial charge in [0.2, 0.25) is 0 Å². The quantitative estimate of drug-likeness (QED) is 0.404. The van der Waals surface area contributed by atoms with E-state index >= 15 is 0 Å². The van der Waals surface area contributed by atoms with Crippen molar-refractivity contribution in [3.05, 3.63) is 12.2 Å². The van der Waals surface area contributed by atoms with Crippen LogP contribution in [0.15, 0.2) is 12.2 Å². The second-order valence-electron chi connectivity index (χ2n) is 8.12. The van der Waals surface area contributed by atoms with Crippen LogP contribution in [0.3, 0.4) is 0 Å². The third kappa shape index (κ3) is 5.61. The number of allylic oxidation sites excluding steroid dienone is 1. The maximum absolute atomic E-state index is 12.7. The van der Waals surface area contributed by atoms with Gasteiger partial charge in [-0.15, -0.1) is 16.5 Å². The molecule has 6 nitrogen and oxygen atoms in total. The Kier molecular flexibility index (Phi) is 8.31. The molecule has 152 valence electrons. The number of aliphatic hydroxyl groups excluding tert-OH is 3. The molecule has 0 spiro atoms. The highest BCUT2D eigenvalue weighted by atomic mass is 32.2. The summed E-state index contributed by atoms with van der Waals surface area (Å²) in [7, 11) is 0. The molecule has 2 aliphatic rings. The summed E-state index contributed by atoms with van der Waals surface area (Å²) in [6, 6.07) is -0.453. The van der Waals surface area contributed by atoms with Crippen LogP contribution in [0.4, 0.5) is 0 Å². The van der Waals surface area contributed by atoms with E-state index in [0.29, 0.717) is 0 Å². The molecule has 4 N–H and O–H groups in total. The van der Waals surface area contributed by atoms with Crippen molar-refractivity contribution in [3.8, 4) is 0 Å². The van der Waals surface area contributed by atoms with Gasteiger partial charge < -0.3 is 24.6 Å². The minimum Gasteiger partial charge on any atom is -0.598 e. The smallest absolute Gasteiger partial charge is 0.136 e. The number of fused-ring (bicyclic) bond motifs is 2. The standard InChI is InChI=1S/C18H33NO5S2/c1-11-9-7-5-6-8-10-25-17-15(22)13(20)14(21)16(24-17)12(11)19-26(23)18(2,3)4/h7,9,11-17,19-22H,5-6,8,10H2,1-4H3/t11-,12-,13+,14-,15-,16-,17-,26?/m1/s1. The van der Waals surface area contributed by atoms with Crippen molar-refractivity contribution in [1.82, 2.24) is 4.72 Å². The molecule has 2 rings (SSSR count). The highest BCUT2D eigenvalue weighted by molar-refractivity contribution is 7.99. The van der Waals surface area contributed by atoms with E-state index in [2.05, 4.69) is 16.9 Å². The lowest BCUT2D eigenvalue weighted by atomic mass is 9.88. The van der Waals surface area contributed by atoms with E-state index in [0.717, 1.165) is 25.0 Å². The lowest BCUT2D eigenvalue weighted by molar-refractivity contribution is -0.205. The number of thioether (sulfide) groups is 1. The summed E-state index contributed by atoms with van der Waals surface area (Å²) in [6.45, 7) is 7.61. The Labute approximate surface area is 164 Å². The molecule has 8 heteroatoms. The van der Waals surface area contributed by atoms with Gasteiger partial charge in [-0.1, -0.05) is 19.1 Å². The molecule has 2 aliphatic heterocycles. The van der Waals surface area contributed by atoms with Gasteiger partial charge in [0, 0.05) is 11.4 Å². The number of aliphatic hydroxyl groups is 3. The second-order valence-corrected chi connectivity index (χ2v) is 11.3. The molecule has 26 heavy (non-hydrogen) atoms. The third-order valence-corrected chi connectivity index (χ3v) is 7.65. The molecule has 0 radical (unpaired) electrons. The van der Waals surface area contributed by atoms with Crippen molar-refractivity contribution in [2.75, 3.05) is 5.75 Å². The molecule has 0 aromatic heterocycles. The zero-order valence-corrected chi connectivity index (χ0v) is 17.6. The molecular formula is C18H33NO5S2. The van der Waals surface area contributed by atoms with Crippen molar-refractivity contribution in [2.45, 2.75) is 87.6 Å². The number of ether oxygens (including phenoxy) is 1. The van der Waals surface area contributed by atoms with E-state index in [4.69, 9.17) is 4.74 Å². The van der Waals surface area contributed by atoms with Gasteiger partial charge in [0.25, 0.3) is 0 Å². The molecule has 0 aromatic carbocycles. The normalized spacial score (nSPS) is 41.2. The Morgan fingerprint density at radius 1 is 1.15 bits per heavy atom. The van der Waals surface area contributed by atoms with E-state index in [9.17, 15) is 19.9 Å². The van der Waals surface area contributed by atoms with Crippen LogP contribution >= 0.6 is 11.8 Å². The van der Waals surface area contributed by atoms with Crippen molar-refractivity contribution in [2.24, 2.45) is 5.92 Å². The summed E-state index contributed by atoms with van der Waals surface area (Å²) in [6.07, 6.45) is 2.70. The van der Waals surface area contributed by atoms with Gasteiger partial charge in [-0.25, -0.2) is 0 Å². The molecule has 0 aliphatic carbocycles. The minimum absolute atomic E-state index is 0.0616. The SMILES string of the molecule is C[C@@H]1C=CCCCCS[C@H]2O[C@@H]([C@H](O)[C@H](O)[C@H]2O)[C@@H]1N[S+]([O-])C(C)(C)C. The van der Waals surface area contributed by atoms with Crippen LogP contribution < -0.4 is 4.72 Å². The van der Waals surface area contributed by atoms with Crippen LogP contribution in [0.25, 0.3) is 0 Å². The first-order chi connectivity index (χ1) is 12.1. The zero-order valence-electron chi connectivity index (χ0n) is 16.0. The molecular weight excluding hydrogens is 374 g/mol. The fourth-order valence-electron chi connectivity index (χ4n) is 3.08. The third-order valence-electron chi connectivity index (χ3n) is 4.81. The minimum atomic E-state index is -1.36. The number of hydrogen-bond donors (Lipinski definition) is 4. The summed E-state index contributed by atoms with van der Waals surface area (Å²) >= 11 is 0.104. The summed E-state index contributed by atoms with van der Waals surface area (Å²) in [5, 5.41) is 31.2. The van der Waals surface area contributed by atoms with Gasteiger partial charge in [0.05, 0.1) is 6.04 Å². The zero-order chi connectivity index (χ0) is 19.5. The van der Waals surface area contributed by atoms with E-state index in [1.165, 1.54) is 11.8 Å². The Morgan fingerprint density at radius 3 is 2.50 bits per heavy atom. The van der Waals surface area contributed by atoms with Gasteiger partial charge in [-0.2, -0.15) is 0 Å². The number of hydrogen-bond acceptors (Lipinski definition) is 7. The van der Waals surface area contributed by atoms with E-state index < -0.39 is 52.0 Å². The largest absolute Gasteiger partial charge is 0.598 e. The van der Waals surface area contributed by atoms with Crippen molar-refractivity contribution < 1.29 is 24.6 Å². The summed E-state index contributed by atoms with van der Waals surface area (Å²) in [5.74, 6) is 0.751.